The number of fused-ring (bicyclic) bond motifs is 1. The van der Waals surface area contributed by atoms with Crippen molar-refractivity contribution in [3.63, 3.8) is 0 Å². The Balaban J connectivity index is 1.97. The summed E-state index contributed by atoms with van der Waals surface area (Å²) in [6.07, 6.45) is 1.88. The zero-order chi connectivity index (χ0) is 16.6. The third-order valence-electron chi connectivity index (χ3n) is 3.91. The van der Waals surface area contributed by atoms with Crippen molar-refractivity contribution in [3.05, 3.63) is 69.6 Å². The predicted octanol–water partition coefficient (Wildman–Crippen LogP) is 4.20. The SMILES string of the molecule is Cc1nc2c(C)cc(Br)cn2c1C(=O)NC(C)c1ccccc1. The molecular formula is C18H18BrN3O. The van der Waals surface area contributed by atoms with Crippen LogP contribution in [0.1, 0.15) is 40.3 Å². The van der Waals surface area contributed by atoms with Gasteiger partial charge in [-0.2, -0.15) is 0 Å². The number of hydrogen-bond acceptors (Lipinski definition) is 2. The first kappa shape index (κ1) is 15.7. The standard InChI is InChI=1S/C18H18BrN3O/c1-11-9-15(19)10-22-16(13(3)20-17(11)22)18(23)21-12(2)14-7-5-4-6-8-14/h4-10,12H,1-3H3,(H,21,23). The van der Waals surface area contributed by atoms with E-state index in [9.17, 15) is 4.79 Å². The van der Waals surface area contributed by atoms with E-state index in [4.69, 9.17) is 0 Å². The number of rotatable bonds is 3. The summed E-state index contributed by atoms with van der Waals surface area (Å²) in [5.41, 5.74) is 4.21. The third kappa shape index (κ3) is 3.01. The molecule has 0 saturated carbocycles. The molecule has 0 bridgehead atoms. The minimum atomic E-state index is -0.121. The molecule has 4 nitrogen and oxygen atoms in total. The molecule has 0 radical (unpaired) electrons. The molecule has 1 unspecified atom stereocenters. The number of pyridine rings is 1. The number of aryl methyl sites for hydroxylation is 2. The van der Waals surface area contributed by atoms with E-state index in [-0.39, 0.29) is 11.9 Å². The maximum atomic E-state index is 12.8. The predicted molar refractivity (Wildman–Crippen MR) is 94.7 cm³/mol. The van der Waals surface area contributed by atoms with Gasteiger partial charge in [0.1, 0.15) is 11.3 Å². The van der Waals surface area contributed by atoms with Gasteiger partial charge in [0.2, 0.25) is 0 Å². The summed E-state index contributed by atoms with van der Waals surface area (Å²) in [7, 11) is 0. The number of carbonyl (C=O) groups is 1. The van der Waals surface area contributed by atoms with Crippen molar-refractivity contribution in [2.75, 3.05) is 0 Å². The average Bonchev–Trinajstić information content (AvgIpc) is 2.84. The lowest BCUT2D eigenvalue weighted by atomic mass is 10.1. The maximum Gasteiger partial charge on any atom is 0.270 e. The number of hydrogen-bond donors (Lipinski definition) is 1. The van der Waals surface area contributed by atoms with Crippen molar-refractivity contribution < 1.29 is 4.79 Å². The molecule has 0 aliphatic heterocycles. The number of benzene rings is 1. The van der Waals surface area contributed by atoms with Gasteiger partial charge in [-0.25, -0.2) is 4.98 Å². The molecular weight excluding hydrogens is 354 g/mol. The van der Waals surface area contributed by atoms with Gasteiger partial charge in [-0.3, -0.25) is 9.20 Å². The molecule has 2 aromatic heterocycles. The van der Waals surface area contributed by atoms with E-state index in [1.165, 1.54) is 0 Å². The molecule has 118 valence electrons. The van der Waals surface area contributed by atoms with Crippen LogP contribution in [0.3, 0.4) is 0 Å². The fraction of sp³-hybridized carbons (Fsp3) is 0.222. The van der Waals surface area contributed by atoms with Crippen molar-refractivity contribution in [1.29, 1.82) is 0 Å². The van der Waals surface area contributed by atoms with Crippen LogP contribution >= 0.6 is 15.9 Å². The summed E-state index contributed by atoms with van der Waals surface area (Å²) in [4.78, 5) is 17.3. The zero-order valence-corrected chi connectivity index (χ0v) is 14.9. The van der Waals surface area contributed by atoms with Crippen LogP contribution in [0.2, 0.25) is 0 Å². The second kappa shape index (κ2) is 6.16. The Morgan fingerprint density at radius 1 is 1.26 bits per heavy atom. The highest BCUT2D eigenvalue weighted by Gasteiger charge is 2.20. The molecule has 5 heteroatoms. The highest BCUT2D eigenvalue weighted by atomic mass is 79.9. The molecule has 2 heterocycles. The molecule has 3 aromatic rings. The number of nitrogens with zero attached hydrogens (tertiary/aromatic N) is 2. The lowest BCUT2D eigenvalue weighted by Crippen LogP contribution is -2.28. The third-order valence-corrected chi connectivity index (χ3v) is 4.34. The van der Waals surface area contributed by atoms with E-state index in [1.54, 1.807) is 0 Å². The Bertz CT molecular complexity index is 871. The van der Waals surface area contributed by atoms with E-state index in [0.29, 0.717) is 5.69 Å². The number of aromatic nitrogens is 2. The summed E-state index contributed by atoms with van der Waals surface area (Å²) in [5, 5.41) is 3.06. The van der Waals surface area contributed by atoms with E-state index >= 15 is 0 Å². The van der Waals surface area contributed by atoms with Gasteiger partial charge in [-0.05, 0) is 53.9 Å². The minimum Gasteiger partial charge on any atom is -0.344 e. The second-order valence-corrected chi connectivity index (χ2v) is 6.60. The van der Waals surface area contributed by atoms with Crippen LogP contribution in [0.15, 0.2) is 47.1 Å². The minimum absolute atomic E-state index is 0.0677. The Morgan fingerprint density at radius 3 is 2.65 bits per heavy atom. The van der Waals surface area contributed by atoms with Crippen LogP contribution in [0.25, 0.3) is 5.65 Å². The van der Waals surface area contributed by atoms with Crippen molar-refractivity contribution in [1.82, 2.24) is 14.7 Å². The monoisotopic (exact) mass is 371 g/mol. The fourth-order valence-corrected chi connectivity index (χ4v) is 3.29. The molecule has 1 N–H and O–H groups in total. The van der Waals surface area contributed by atoms with Gasteiger partial charge >= 0.3 is 0 Å². The summed E-state index contributed by atoms with van der Waals surface area (Å²) >= 11 is 3.48. The van der Waals surface area contributed by atoms with Gasteiger partial charge in [0.25, 0.3) is 5.91 Å². The fourth-order valence-electron chi connectivity index (χ4n) is 2.75. The summed E-state index contributed by atoms with van der Waals surface area (Å²) < 4.78 is 2.77. The zero-order valence-electron chi connectivity index (χ0n) is 13.3. The maximum absolute atomic E-state index is 12.8. The first-order chi connectivity index (χ1) is 11.0. The molecule has 23 heavy (non-hydrogen) atoms. The summed E-state index contributed by atoms with van der Waals surface area (Å²) in [6, 6.07) is 11.8. The van der Waals surface area contributed by atoms with Crippen LogP contribution in [0.5, 0.6) is 0 Å². The summed E-state index contributed by atoms with van der Waals surface area (Å²) in [5.74, 6) is -0.121. The highest BCUT2D eigenvalue weighted by molar-refractivity contribution is 9.10. The lowest BCUT2D eigenvalue weighted by Gasteiger charge is -2.14. The molecule has 0 saturated heterocycles. The molecule has 1 atom stereocenters. The van der Waals surface area contributed by atoms with E-state index in [1.807, 2.05) is 67.8 Å². The number of nitrogens with one attached hydrogen (secondary N) is 1. The van der Waals surface area contributed by atoms with Crippen molar-refractivity contribution in [2.24, 2.45) is 0 Å². The molecule has 0 spiro atoms. The average molecular weight is 372 g/mol. The topological polar surface area (TPSA) is 46.4 Å². The normalized spacial score (nSPS) is 12.3. The Labute approximate surface area is 143 Å². The second-order valence-electron chi connectivity index (χ2n) is 5.69. The van der Waals surface area contributed by atoms with Crippen LogP contribution in [0, 0.1) is 13.8 Å². The first-order valence-electron chi connectivity index (χ1n) is 7.48. The molecule has 1 aromatic carbocycles. The van der Waals surface area contributed by atoms with Crippen molar-refractivity contribution in [2.45, 2.75) is 26.8 Å². The quantitative estimate of drug-likeness (QED) is 0.749. The smallest absolute Gasteiger partial charge is 0.270 e. The molecule has 3 rings (SSSR count). The van der Waals surface area contributed by atoms with Crippen LogP contribution in [0.4, 0.5) is 0 Å². The van der Waals surface area contributed by atoms with E-state index in [0.717, 1.165) is 26.9 Å². The van der Waals surface area contributed by atoms with Gasteiger partial charge in [0, 0.05) is 10.7 Å². The Hall–Kier alpha value is -2.14. The van der Waals surface area contributed by atoms with E-state index in [2.05, 4.69) is 26.2 Å². The van der Waals surface area contributed by atoms with Gasteiger partial charge in [0.05, 0.1) is 11.7 Å². The van der Waals surface area contributed by atoms with Crippen LogP contribution < -0.4 is 5.32 Å². The number of imidazole rings is 1. The van der Waals surface area contributed by atoms with Crippen molar-refractivity contribution >= 4 is 27.5 Å². The van der Waals surface area contributed by atoms with E-state index < -0.39 is 0 Å². The largest absolute Gasteiger partial charge is 0.344 e. The number of halogens is 1. The summed E-state index contributed by atoms with van der Waals surface area (Å²) in [6.45, 7) is 5.83. The van der Waals surface area contributed by atoms with Gasteiger partial charge in [-0.1, -0.05) is 30.3 Å². The highest BCUT2D eigenvalue weighted by Crippen LogP contribution is 2.21. The van der Waals surface area contributed by atoms with Crippen molar-refractivity contribution in [3.8, 4) is 0 Å². The van der Waals surface area contributed by atoms with Gasteiger partial charge in [-0.15, -0.1) is 0 Å². The van der Waals surface area contributed by atoms with Crippen LogP contribution in [-0.2, 0) is 0 Å². The number of amides is 1. The molecule has 0 fully saturated rings. The Kier molecular flexibility index (Phi) is 4.22. The molecule has 0 aliphatic rings. The number of carbonyl (C=O) groups excluding carboxylic acids is 1. The van der Waals surface area contributed by atoms with Crippen LogP contribution in [-0.4, -0.2) is 15.3 Å². The Morgan fingerprint density at radius 2 is 1.96 bits per heavy atom. The molecule has 1 amide bonds. The lowest BCUT2D eigenvalue weighted by molar-refractivity contribution is 0.0933. The first-order valence-corrected chi connectivity index (χ1v) is 8.27. The molecule has 0 aliphatic carbocycles. The van der Waals surface area contributed by atoms with Gasteiger partial charge in [0.15, 0.2) is 0 Å². The van der Waals surface area contributed by atoms with Gasteiger partial charge < -0.3 is 5.32 Å².